The summed E-state index contributed by atoms with van der Waals surface area (Å²) in [4.78, 5) is 41.7. The molecule has 0 N–H and O–H groups in total. The van der Waals surface area contributed by atoms with Crippen LogP contribution in [0.5, 0.6) is 0 Å². The number of hydrogen-bond acceptors (Lipinski definition) is 6. The predicted molar refractivity (Wildman–Crippen MR) is 214 cm³/mol. The Hall–Kier alpha value is -2.67. The van der Waals surface area contributed by atoms with Gasteiger partial charge in [0.15, 0.2) is 12.2 Å². The van der Waals surface area contributed by atoms with Crippen LogP contribution in [0.3, 0.4) is 0 Å². The van der Waals surface area contributed by atoms with Crippen molar-refractivity contribution in [1.82, 2.24) is 9.80 Å². The summed E-state index contributed by atoms with van der Waals surface area (Å²) >= 11 is 0. The van der Waals surface area contributed by atoms with Crippen molar-refractivity contribution in [2.24, 2.45) is 0 Å². The molecule has 0 aromatic rings. The molecule has 7 nitrogen and oxygen atoms in total. The van der Waals surface area contributed by atoms with E-state index in [1.807, 2.05) is 19.0 Å². The van der Waals surface area contributed by atoms with E-state index in [2.05, 4.69) is 62.5 Å². The topological polar surface area (TPSA) is 76.2 Å². The number of nitrogens with zero attached hydrogens (tertiary/aromatic N) is 2. The Morgan fingerprint density at radius 2 is 0.882 bits per heavy atom. The predicted octanol–water partition coefficient (Wildman–Crippen LogP) is 10.8. The van der Waals surface area contributed by atoms with Crippen molar-refractivity contribution in [1.29, 1.82) is 0 Å². The Morgan fingerprint density at radius 3 is 1.25 bits per heavy atom. The molecule has 1 saturated heterocycles. The van der Waals surface area contributed by atoms with Crippen LogP contribution in [-0.4, -0.2) is 73.6 Å². The number of esters is 2. The van der Waals surface area contributed by atoms with Crippen LogP contribution in [0, 0.1) is 0 Å². The van der Waals surface area contributed by atoms with Crippen LogP contribution in [0.1, 0.15) is 168 Å². The molecule has 51 heavy (non-hydrogen) atoms. The van der Waals surface area contributed by atoms with Crippen molar-refractivity contribution in [3.63, 3.8) is 0 Å². The van der Waals surface area contributed by atoms with Crippen molar-refractivity contribution in [2.75, 3.05) is 33.7 Å². The van der Waals surface area contributed by atoms with Gasteiger partial charge in [0.1, 0.15) is 0 Å². The summed E-state index contributed by atoms with van der Waals surface area (Å²) in [6.45, 7) is 5.27. The molecule has 2 atom stereocenters. The fraction of sp³-hybridized carbons (Fsp3) is 0.750. The molecule has 1 fully saturated rings. The maximum atomic E-state index is 12.8. The van der Waals surface area contributed by atoms with E-state index in [1.54, 1.807) is 4.90 Å². The Labute approximate surface area is 313 Å². The minimum Gasteiger partial charge on any atom is -0.456 e. The third kappa shape index (κ3) is 27.6. The maximum Gasteiger partial charge on any atom is 0.306 e. The van der Waals surface area contributed by atoms with Gasteiger partial charge in [-0.3, -0.25) is 14.4 Å². The van der Waals surface area contributed by atoms with E-state index >= 15 is 0 Å². The highest BCUT2D eigenvalue weighted by Gasteiger charge is 2.40. The summed E-state index contributed by atoms with van der Waals surface area (Å²) in [5, 5.41) is 0. The summed E-state index contributed by atoms with van der Waals surface area (Å²) in [6, 6.07) is 0. The second-order valence-electron chi connectivity index (χ2n) is 14.6. The molecule has 0 bridgehead atoms. The van der Waals surface area contributed by atoms with Gasteiger partial charge >= 0.3 is 11.9 Å². The number of likely N-dealkylation sites (N-methyl/N-ethyl adjacent to an activating group) is 1. The highest BCUT2D eigenvalue weighted by atomic mass is 16.6. The zero-order valence-corrected chi connectivity index (χ0v) is 33.3. The van der Waals surface area contributed by atoms with E-state index in [0.717, 1.165) is 77.0 Å². The number of carbonyl (C=O) groups excluding carboxylic acids is 3. The van der Waals surface area contributed by atoms with Gasteiger partial charge in [0.05, 0.1) is 19.6 Å². The second-order valence-corrected chi connectivity index (χ2v) is 14.6. The minimum absolute atomic E-state index is 0.0537. The minimum atomic E-state index is -0.616. The van der Waals surface area contributed by atoms with E-state index in [1.165, 1.54) is 64.2 Å². The van der Waals surface area contributed by atoms with Crippen LogP contribution >= 0.6 is 0 Å². The molecule has 0 unspecified atom stereocenters. The summed E-state index contributed by atoms with van der Waals surface area (Å²) in [5.74, 6) is -0.605. The number of amides is 1. The second kappa shape index (κ2) is 33.2. The maximum absolute atomic E-state index is 12.8. The first-order valence-electron chi connectivity index (χ1n) is 20.8. The van der Waals surface area contributed by atoms with Crippen LogP contribution in [0.25, 0.3) is 0 Å². The normalized spacial score (nSPS) is 16.5. The van der Waals surface area contributed by atoms with E-state index in [4.69, 9.17) is 9.47 Å². The zero-order chi connectivity index (χ0) is 37.2. The molecule has 292 valence electrons. The van der Waals surface area contributed by atoms with E-state index in [-0.39, 0.29) is 37.5 Å². The molecular formula is C44H76N2O5. The Bertz CT molecular complexity index is 933. The smallest absolute Gasteiger partial charge is 0.306 e. The molecule has 0 aromatic heterocycles. The molecule has 0 radical (unpaired) electrons. The van der Waals surface area contributed by atoms with Crippen molar-refractivity contribution in [2.45, 2.75) is 180 Å². The molecule has 0 saturated carbocycles. The highest BCUT2D eigenvalue weighted by molar-refractivity contribution is 5.79. The standard InChI is InChI=1S/C44H76N2O5/c1-5-7-9-11-13-15-17-19-21-23-25-27-29-31-33-35-43(48)50-40-37-46(42(47)39-45(3)4)38-41(40)51-44(49)36-34-32-30-28-26-24-22-20-18-16-14-12-10-8-6-2/h13-16,19-22,40-41H,5-12,17-18,23-39H2,1-4H3/b15-13-,16-14-,21-19-,22-20-/t40-,41-/m1/s1. The fourth-order valence-corrected chi connectivity index (χ4v) is 6.16. The Morgan fingerprint density at radius 1 is 0.529 bits per heavy atom. The Kier molecular flexibility index (Phi) is 30.2. The quantitative estimate of drug-likeness (QED) is 0.0393. The van der Waals surface area contributed by atoms with Crippen molar-refractivity contribution in [3.8, 4) is 0 Å². The first-order valence-corrected chi connectivity index (χ1v) is 20.8. The molecule has 1 heterocycles. The average Bonchev–Trinajstić information content (AvgIpc) is 3.49. The number of allylic oxidation sites excluding steroid dienone is 8. The van der Waals surface area contributed by atoms with Crippen LogP contribution in [-0.2, 0) is 23.9 Å². The third-order valence-corrected chi connectivity index (χ3v) is 9.25. The zero-order valence-electron chi connectivity index (χ0n) is 33.3. The van der Waals surface area contributed by atoms with Gasteiger partial charge in [-0.25, -0.2) is 0 Å². The van der Waals surface area contributed by atoms with Gasteiger partial charge in [0.2, 0.25) is 5.91 Å². The molecule has 1 rings (SSSR count). The number of ether oxygens (including phenoxy) is 2. The lowest BCUT2D eigenvalue weighted by atomic mass is 10.1. The average molecular weight is 713 g/mol. The van der Waals surface area contributed by atoms with Gasteiger partial charge in [-0.05, 0) is 91.1 Å². The fourth-order valence-electron chi connectivity index (χ4n) is 6.16. The van der Waals surface area contributed by atoms with Gasteiger partial charge in [-0.1, -0.05) is 127 Å². The molecular weight excluding hydrogens is 636 g/mol. The molecule has 1 aliphatic heterocycles. The molecule has 1 aliphatic rings. The van der Waals surface area contributed by atoms with Gasteiger partial charge in [0.25, 0.3) is 0 Å². The van der Waals surface area contributed by atoms with Gasteiger partial charge in [0, 0.05) is 12.8 Å². The van der Waals surface area contributed by atoms with Gasteiger partial charge < -0.3 is 19.3 Å². The monoisotopic (exact) mass is 713 g/mol. The van der Waals surface area contributed by atoms with Crippen molar-refractivity contribution >= 4 is 17.8 Å². The van der Waals surface area contributed by atoms with Crippen LogP contribution in [0.4, 0.5) is 0 Å². The van der Waals surface area contributed by atoms with Crippen molar-refractivity contribution in [3.05, 3.63) is 48.6 Å². The lowest BCUT2D eigenvalue weighted by Gasteiger charge is -2.19. The lowest BCUT2D eigenvalue weighted by molar-refractivity contribution is -0.164. The van der Waals surface area contributed by atoms with Crippen LogP contribution < -0.4 is 0 Å². The molecule has 7 heteroatoms. The molecule has 0 aliphatic carbocycles. The van der Waals surface area contributed by atoms with E-state index in [9.17, 15) is 14.4 Å². The molecule has 0 spiro atoms. The highest BCUT2D eigenvalue weighted by Crippen LogP contribution is 2.20. The third-order valence-electron chi connectivity index (χ3n) is 9.25. The summed E-state index contributed by atoms with van der Waals surface area (Å²) in [7, 11) is 3.69. The van der Waals surface area contributed by atoms with Gasteiger partial charge in [-0.2, -0.15) is 0 Å². The summed E-state index contributed by atoms with van der Waals surface area (Å²) < 4.78 is 11.6. The first kappa shape index (κ1) is 46.4. The number of hydrogen-bond donors (Lipinski definition) is 0. The summed E-state index contributed by atoms with van der Waals surface area (Å²) in [5.41, 5.74) is 0. The van der Waals surface area contributed by atoms with E-state index in [0.29, 0.717) is 12.8 Å². The summed E-state index contributed by atoms with van der Waals surface area (Å²) in [6.07, 6.45) is 42.4. The van der Waals surface area contributed by atoms with Crippen molar-refractivity contribution < 1.29 is 23.9 Å². The lowest BCUT2D eigenvalue weighted by Crippen LogP contribution is -2.37. The van der Waals surface area contributed by atoms with E-state index < -0.39 is 12.2 Å². The van der Waals surface area contributed by atoms with Gasteiger partial charge in [-0.15, -0.1) is 0 Å². The number of carbonyl (C=O) groups is 3. The first-order chi connectivity index (χ1) is 24.9. The largest absolute Gasteiger partial charge is 0.456 e. The number of unbranched alkanes of at least 4 members (excludes halogenated alkanes) is 16. The molecule has 1 amide bonds. The van der Waals surface area contributed by atoms with Crippen LogP contribution in [0.15, 0.2) is 48.6 Å². The number of rotatable bonds is 32. The number of likely N-dealkylation sites (tertiary alicyclic amines) is 1. The SMILES string of the molecule is CCCCC/C=C\C/C=C\CCCCCCCC(=O)O[C@@H]1CN(C(=O)CN(C)C)C[C@H]1OC(=O)CCCCCCC/C=C\C/C=C\CCCCC. The van der Waals surface area contributed by atoms with Crippen LogP contribution in [0.2, 0.25) is 0 Å². The Balaban J connectivity index is 2.28. The molecule has 0 aromatic carbocycles.